The van der Waals surface area contributed by atoms with Gasteiger partial charge in [0.2, 0.25) is 0 Å². The molecule has 0 saturated carbocycles. The van der Waals surface area contributed by atoms with E-state index in [1.807, 2.05) is 36.4 Å². The van der Waals surface area contributed by atoms with Gasteiger partial charge in [0.1, 0.15) is 0 Å². The highest BCUT2D eigenvalue weighted by Crippen LogP contribution is 2.40. The quantitative estimate of drug-likeness (QED) is 0.146. The fourth-order valence-electron chi connectivity index (χ4n) is 8.54. The topological polar surface area (TPSA) is 34.0 Å². The molecule has 0 fully saturated rings. The summed E-state index contributed by atoms with van der Waals surface area (Å²) in [7, 11) is 0. The lowest BCUT2D eigenvalue weighted by molar-refractivity contribution is 1.18. The number of benzene rings is 9. The van der Waals surface area contributed by atoms with Gasteiger partial charge in [0.15, 0.2) is 5.82 Å². The second-order valence-corrected chi connectivity index (χ2v) is 15.5. The first-order chi connectivity index (χ1) is 30.7. The van der Waals surface area contributed by atoms with E-state index in [0.29, 0.717) is 5.82 Å². The van der Waals surface area contributed by atoms with Gasteiger partial charge in [-0.25, -0.2) is 9.97 Å². The van der Waals surface area contributed by atoms with Gasteiger partial charge in [-0.2, -0.15) is 0 Å². The van der Waals surface area contributed by atoms with Crippen molar-refractivity contribution in [3.63, 3.8) is 0 Å². The van der Waals surface area contributed by atoms with E-state index in [4.69, 9.17) is 9.97 Å². The highest BCUT2D eigenvalue weighted by molar-refractivity contribution is 6.10. The van der Waals surface area contributed by atoms with Gasteiger partial charge < -0.3 is 9.47 Å². The summed E-state index contributed by atoms with van der Waals surface area (Å²) < 4.78 is 2.38. The molecule has 0 aliphatic rings. The molecule has 0 N–H and O–H groups in total. The third kappa shape index (κ3) is 7.00. The van der Waals surface area contributed by atoms with Crippen LogP contribution in [-0.4, -0.2) is 14.5 Å². The van der Waals surface area contributed by atoms with Crippen molar-refractivity contribution < 1.29 is 0 Å². The van der Waals surface area contributed by atoms with Crippen molar-refractivity contribution in [1.82, 2.24) is 14.5 Å². The van der Waals surface area contributed by atoms with Crippen LogP contribution in [0.1, 0.15) is 0 Å². The van der Waals surface area contributed by atoms with Crippen LogP contribution in [0.5, 0.6) is 0 Å². The lowest BCUT2D eigenvalue weighted by Gasteiger charge is -2.25. The van der Waals surface area contributed by atoms with Crippen molar-refractivity contribution >= 4 is 38.9 Å². The molecule has 0 saturated heterocycles. The summed E-state index contributed by atoms with van der Waals surface area (Å²) in [5.74, 6) is 0.716. The second kappa shape index (κ2) is 16.0. The Morgan fingerprint density at radius 3 is 1.26 bits per heavy atom. The molecule has 11 rings (SSSR count). The van der Waals surface area contributed by atoms with Gasteiger partial charge in [-0.15, -0.1) is 0 Å². The van der Waals surface area contributed by atoms with E-state index >= 15 is 0 Å². The molecule has 0 aliphatic heterocycles. The van der Waals surface area contributed by atoms with Gasteiger partial charge in [0.05, 0.1) is 22.4 Å². The van der Waals surface area contributed by atoms with Crippen molar-refractivity contribution in [2.75, 3.05) is 4.90 Å². The molecule has 62 heavy (non-hydrogen) atoms. The Morgan fingerprint density at radius 1 is 0.290 bits per heavy atom. The highest BCUT2D eigenvalue weighted by atomic mass is 15.1. The second-order valence-electron chi connectivity index (χ2n) is 15.5. The predicted octanol–water partition coefficient (Wildman–Crippen LogP) is 15.4. The Bertz CT molecular complexity index is 3190. The molecule has 292 valence electrons. The number of rotatable bonds is 9. The maximum Gasteiger partial charge on any atom is 0.160 e. The first-order valence-electron chi connectivity index (χ1n) is 21.0. The van der Waals surface area contributed by atoms with Gasteiger partial charge in [-0.05, 0) is 89.0 Å². The van der Waals surface area contributed by atoms with E-state index < -0.39 is 0 Å². The largest absolute Gasteiger partial charge is 0.310 e. The number of fused-ring (bicyclic) bond motifs is 3. The molecule has 0 unspecified atom stereocenters. The summed E-state index contributed by atoms with van der Waals surface area (Å²) in [4.78, 5) is 12.3. The maximum absolute atomic E-state index is 5.02. The molecule has 9 aromatic carbocycles. The van der Waals surface area contributed by atoms with Crippen LogP contribution in [0.4, 0.5) is 17.1 Å². The zero-order valence-corrected chi connectivity index (χ0v) is 33.9. The third-order valence-corrected chi connectivity index (χ3v) is 11.6. The molecular formula is C58H40N4. The zero-order valence-electron chi connectivity index (χ0n) is 33.9. The summed E-state index contributed by atoms with van der Waals surface area (Å²) in [5.41, 5.74) is 16.4. The molecule has 0 amide bonds. The fraction of sp³-hybridized carbons (Fsp3) is 0. The molecule has 0 bridgehead atoms. The fourth-order valence-corrected chi connectivity index (χ4v) is 8.54. The average molecular weight is 793 g/mol. The van der Waals surface area contributed by atoms with E-state index in [0.717, 1.165) is 62.0 Å². The SMILES string of the molecule is c1ccc(-c2cc(-c3ccc(-c4ccc(-c5ccc(-n6c7ccccc7c7cc(N(c8ccccc8)c8ccccc8)ccc76)cc5)cc4)cc3)nc(-c3ccccc3)n2)cc1. The lowest BCUT2D eigenvalue weighted by Crippen LogP contribution is -2.09. The van der Waals surface area contributed by atoms with Gasteiger partial charge >= 0.3 is 0 Å². The van der Waals surface area contributed by atoms with Crippen molar-refractivity contribution in [2.24, 2.45) is 0 Å². The molecule has 4 nitrogen and oxygen atoms in total. The summed E-state index contributed by atoms with van der Waals surface area (Å²) in [5, 5.41) is 2.44. The van der Waals surface area contributed by atoms with E-state index in [-0.39, 0.29) is 0 Å². The Morgan fingerprint density at radius 2 is 0.710 bits per heavy atom. The van der Waals surface area contributed by atoms with Crippen LogP contribution >= 0.6 is 0 Å². The Labute approximate surface area is 361 Å². The zero-order chi connectivity index (χ0) is 41.2. The third-order valence-electron chi connectivity index (χ3n) is 11.6. The summed E-state index contributed by atoms with van der Waals surface area (Å²) in [6.45, 7) is 0. The van der Waals surface area contributed by atoms with Crippen molar-refractivity contribution in [3.8, 4) is 61.8 Å². The van der Waals surface area contributed by atoms with E-state index in [1.165, 1.54) is 32.9 Å². The minimum absolute atomic E-state index is 0.716. The smallest absolute Gasteiger partial charge is 0.160 e. The molecule has 0 spiro atoms. The molecule has 0 aliphatic carbocycles. The Hall–Kier alpha value is -8.34. The first kappa shape index (κ1) is 36.7. The molecule has 0 radical (unpaired) electrons. The summed E-state index contributed by atoms with van der Waals surface area (Å²) in [6.07, 6.45) is 0. The van der Waals surface area contributed by atoms with Gasteiger partial charge in [-0.1, -0.05) is 176 Å². The van der Waals surface area contributed by atoms with Crippen LogP contribution in [0.3, 0.4) is 0 Å². The van der Waals surface area contributed by atoms with Crippen LogP contribution in [0.2, 0.25) is 0 Å². The predicted molar refractivity (Wildman–Crippen MR) is 258 cm³/mol. The number of hydrogen-bond donors (Lipinski definition) is 0. The minimum atomic E-state index is 0.716. The molecule has 2 heterocycles. The number of anilines is 3. The van der Waals surface area contributed by atoms with Gasteiger partial charge in [0, 0.05) is 50.2 Å². The number of nitrogens with zero attached hydrogens (tertiary/aromatic N) is 4. The van der Waals surface area contributed by atoms with Crippen LogP contribution in [0, 0.1) is 0 Å². The molecule has 2 aromatic heterocycles. The van der Waals surface area contributed by atoms with Crippen LogP contribution in [0.25, 0.3) is 83.6 Å². The molecular weight excluding hydrogens is 753 g/mol. The van der Waals surface area contributed by atoms with E-state index in [2.05, 4.69) is 216 Å². The molecule has 11 aromatic rings. The highest BCUT2D eigenvalue weighted by Gasteiger charge is 2.17. The monoisotopic (exact) mass is 792 g/mol. The van der Waals surface area contributed by atoms with Gasteiger partial charge in [-0.3, -0.25) is 0 Å². The minimum Gasteiger partial charge on any atom is -0.310 e. The van der Waals surface area contributed by atoms with Gasteiger partial charge in [0.25, 0.3) is 0 Å². The molecule has 0 atom stereocenters. The Balaban J connectivity index is 0.873. The summed E-state index contributed by atoms with van der Waals surface area (Å²) in [6, 6.07) is 85.8. The van der Waals surface area contributed by atoms with Crippen LogP contribution in [-0.2, 0) is 0 Å². The number of para-hydroxylation sites is 3. The van der Waals surface area contributed by atoms with Crippen LogP contribution in [0.15, 0.2) is 243 Å². The average Bonchev–Trinajstić information content (AvgIpc) is 3.69. The van der Waals surface area contributed by atoms with Crippen molar-refractivity contribution in [3.05, 3.63) is 243 Å². The van der Waals surface area contributed by atoms with Crippen molar-refractivity contribution in [1.29, 1.82) is 0 Å². The normalized spacial score (nSPS) is 11.2. The first-order valence-corrected chi connectivity index (χ1v) is 21.0. The maximum atomic E-state index is 5.02. The molecule has 4 heteroatoms. The Kier molecular flexibility index (Phi) is 9.49. The van der Waals surface area contributed by atoms with E-state index in [9.17, 15) is 0 Å². The van der Waals surface area contributed by atoms with Crippen LogP contribution < -0.4 is 4.90 Å². The standard InChI is InChI=1S/C58H40N4/c1-5-15-45(16-6-1)54-40-55(60-58(59-54)47-17-7-2-8-18-47)46-31-29-43(30-32-46)41-25-27-42(28-26-41)44-33-35-50(36-34-44)62-56-24-14-13-23-52(56)53-39-51(37-38-57(53)62)61(48-19-9-3-10-20-48)49-21-11-4-12-22-49/h1-40H. The number of hydrogen-bond acceptors (Lipinski definition) is 3. The van der Waals surface area contributed by atoms with Crippen molar-refractivity contribution in [2.45, 2.75) is 0 Å². The number of aromatic nitrogens is 3. The van der Waals surface area contributed by atoms with E-state index in [1.54, 1.807) is 0 Å². The lowest BCUT2D eigenvalue weighted by atomic mass is 9.98. The summed E-state index contributed by atoms with van der Waals surface area (Å²) >= 11 is 0.